The minimum atomic E-state index is -0.382. The van der Waals surface area contributed by atoms with Gasteiger partial charge in [0.2, 0.25) is 5.91 Å². The van der Waals surface area contributed by atoms with Crippen LogP contribution in [0.1, 0.15) is 18.4 Å². The van der Waals surface area contributed by atoms with E-state index in [4.69, 9.17) is 10.6 Å². The largest absolute Gasteiger partial charge is 0.494 e. The van der Waals surface area contributed by atoms with Crippen LogP contribution in [0.4, 0.5) is 4.39 Å². The molecule has 1 aromatic carbocycles. The Morgan fingerprint density at radius 3 is 2.76 bits per heavy atom. The molecule has 0 spiro atoms. The number of halogens is 1. The van der Waals surface area contributed by atoms with Gasteiger partial charge in [0, 0.05) is 13.5 Å². The molecule has 0 aliphatic rings. The van der Waals surface area contributed by atoms with Gasteiger partial charge in [-0.15, -0.1) is 0 Å². The first-order chi connectivity index (χ1) is 8.04. The summed E-state index contributed by atoms with van der Waals surface area (Å²) in [6.45, 7) is 0. The fraction of sp³-hybridized carbons (Fsp3) is 0.417. The van der Waals surface area contributed by atoms with E-state index >= 15 is 0 Å². The number of carbonyl (C=O) groups is 1. The van der Waals surface area contributed by atoms with Crippen LogP contribution >= 0.6 is 0 Å². The summed E-state index contributed by atoms with van der Waals surface area (Å²) in [6, 6.07) is 4.80. The van der Waals surface area contributed by atoms with Gasteiger partial charge in [-0.1, -0.05) is 6.07 Å². The molecule has 94 valence electrons. The third kappa shape index (κ3) is 4.03. The van der Waals surface area contributed by atoms with Crippen molar-refractivity contribution in [3.8, 4) is 5.75 Å². The lowest BCUT2D eigenvalue weighted by Gasteiger charge is -2.09. The van der Waals surface area contributed by atoms with Crippen molar-refractivity contribution in [2.75, 3.05) is 14.2 Å². The number of carbonyl (C=O) groups excluding carboxylic acids is 1. The molecule has 0 unspecified atom stereocenters. The summed E-state index contributed by atoms with van der Waals surface area (Å²) in [7, 11) is 2.93. The van der Waals surface area contributed by atoms with E-state index in [1.807, 2.05) is 0 Å². The van der Waals surface area contributed by atoms with E-state index in [1.54, 1.807) is 12.1 Å². The highest BCUT2D eigenvalue weighted by Crippen LogP contribution is 2.18. The molecule has 0 aliphatic carbocycles. The predicted molar refractivity (Wildman–Crippen MR) is 62.8 cm³/mol. The Morgan fingerprint density at radius 2 is 2.24 bits per heavy atom. The molecule has 5 heteroatoms. The molecular weight excluding hydrogens is 223 g/mol. The minimum absolute atomic E-state index is 0.126. The number of benzene rings is 1. The molecule has 4 nitrogen and oxygen atoms in total. The number of nitrogens with zero attached hydrogens (tertiary/aromatic N) is 1. The van der Waals surface area contributed by atoms with E-state index < -0.39 is 0 Å². The molecule has 0 saturated carbocycles. The Hall–Kier alpha value is -1.62. The molecule has 1 rings (SSSR count). The number of methoxy groups -OCH3 is 1. The summed E-state index contributed by atoms with van der Waals surface area (Å²) in [5.74, 6) is 5.00. The van der Waals surface area contributed by atoms with Gasteiger partial charge in [-0.05, 0) is 30.5 Å². The summed E-state index contributed by atoms with van der Waals surface area (Å²) < 4.78 is 18.2. The molecule has 0 bridgehead atoms. The first kappa shape index (κ1) is 13.4. The molecule has 0 fully saturated rings. The van der Waals surface area contributed by atoms with Crippen LogP contribution in [0.25, 0.3) is 0 Å². The molecule has 2 N–H and O–H groups in total. The van der Waals surface area contributed by atoms with E-state index in [1.165, 1.54) is 20.2 Å². The van der Waals surface area contributed by atoms with Crippen LogP contribution in [-0.2, 0) is 11.2 Å². The second-order valence-corrected chi connectivity index (χ2v) is 3.83. The van der Waals surface area contributed by atoms with E-state index in [2.05, 4.69) is 0 Å². The molecule has 0 radical (unpaired) electrons. The predicted octanol–water partition coefficient (Wildman–Crippen LogP) is 1.49. The minimum Gasteiger partial charge on any atom is -0.494 e. The lowest BCUT2D eigenvalue weighted by atomic mass is 10.1. The number of aryl methyl sites for hydroxylation is 1. The summed E-state index contributed by atoms with van der Waals surface area (Å²) in [5.41, 5.74) is 0.843. The Labute approximate surface area is 100 Å². The van der Waals surface area contributed by atoms with Crippen LogP contribution in [0.2, 0.25) is 0 Å². The van der Waals surface area contributed by atoms with Crippen molar-refractivity contribution in [2.24, 2.45) is 5.84 Å². The van der Waals surface area contributed by atoms with E-state index in [-0.39, 0.29) is 17.5 Å². The average Bonchev–Trinajstić information content (AvgIpc) is 2.29. The van der Waals surface area contributed by atoms with Crippen LogP contribution in [-0.4, -0.2) is 25.1 Å². The average molecular weight is 240 g/mol. The second kappa shape index (κ2) is 6.20. The number of amides is 1. The molecule has 0 aliphatic heterocycles. The topological polar surface area (TPSA) is 55.6 Å². The highest BCUT2D eigenvalue weighted by Gasteiger charge is 2.06. The van der Waals surface area contributed by atoms with Crippen molar-refractivity contribution in [1.29, 1.82) is 0 Å². The van der Waals surface area contributed by atoms with Gasteiger partial charge >= 0.3 is 0 Å². The van der Waals surface area contributed by atoms with Gasteiger partial charge in [0.1, 0.15) is 0 Å². The van der Waals surface area contributed by atoms with Gasteiger partial charge in [0.25, 0.3) is 0 Å². The van der Waals surface area contributed by atoms with Crippen molar-refractivity contribution in [3.63, 3.8) is 0 Å². The van der Waals surface area contributed by atoms with Crippen molar-refractivity contribution in [1.82, 2.24) is 5.01 Å². The van der Waals surface area contributed by atoms with Crippen LogP contribution in [0.15, 0.2) is 18.2 Å². The van der Waals surface area contributed by atoms with Gasteiger partial charge in [-0.3, -0.25) is 9.80 Å². The Balaban J connectivity index is 2.47. The van der Waals surface area contributed by atoms with Crippen molar-refractivity contribution in [2.45, 2.75) is 19.3 Å². The molecule has 0 saturated heterocycles. The van der Waals surface area contributed by atoms with Gasteiger partial charge in [-0.25, -0.2) is 10.2 Å². The number of ether oxygens (including phenoxy) is 1. The van der Waals surface area contributed by atoms with E-state index in [0.717, 1.165) is 10.6 Å². The fourth-order valence-electron chi connectivity index (χ4n) is 1.49. The van der Waals surface area contributed by atoms with Crippen molar-refractivity contribution < 1.29 is 13.9 Å². The Kier molecular flexibility index (Phi) is 4.90. The Morgan fingerprint density at radius 1 is 1.53 bits per heavy atom. The molecular formula is C12H17FN2O2. The van der Waals surface area contributed by atoms with Crippen LogP contribution in [0.5, 0.6) is 5.75 Å². The van der Waals surface area contributed by atoms with Gasteiger partial charge in [0.05, 0.1) is 7.11 Å². The van der Waals surface area contributed by atoms with E-state index in [9.17, 15) is 9.18 Å². The maximum Gasteiger partial charge on any atom is 0.236 e. The highest BCUT2D eigenvalue weighted by atomic mass is 19.1. The summed E-state index contributed by atoms with van der Waals surface area (Å²) in [5, 5.41) is 1.06. The summed E-state index contributed by atoms with van der Waals surface area (Å²) in [4.78, 5) is 11.2. The van der Waals surface area contributed by atoms with Crippen LogP contribution < -0.4 is 10.6 Å². The Bertz CT molecular complexity index is 394. The zero-order valence-electron chi connectivity index (χ0n) is 10.1. The lowest BCUT2D eigenvalue weighted by molar-refractivity contribution is -0.130. The molecule has 0 aromatic heterocycles. The summed E-state index contributed by atoms with van der Waals surface area (Å²) >= 11 is 0. The maximum atomic E-state index is 13.3. The zero-order chi connectivity index (χ0) is 12.8. The lowest BCUT2D eigenvalue weighted by Crippen LogP contribution is -2.32. The zero-order valence-corrected chi connectivity index (χ0v) is 10.1. The van der Waals surface area contributed by atoms with Gasteiger partial charge in [-0.2, -0.15) is 0 Å². The molecule has 0 atom stereocenters. The third-order valence-corrected chi connectivity index (χ3v) is 2.47. The number of hydrogen-bond acceptors (Lipinski definition) is 3. The smallest absolute Gasteiger partial charge is 0.236 e. The highest BCUT2D eigenvalue weighted by molar-refractivity contribution is 5.75. The second-order valence-electron chi connectivity index (χ2n) is 3.83. The van der Waals surface area contributed by atoms with Crippen LogP contribution in [0.3, 0.4) is 0 Å². The number of hydrogen-bond donors (Lipinski definition) is 1. The molecule has 1 aromatic rings. The van der Waals surface area contributed by atoms with E-state index in [0.29, 0.717) is 19.3 Å². The first-order valence-corrected chi connectivity index (χ1v) is 5.38. The number of rotatable bonds is 5. The summed E-state index contributed by atoms with van der Waals surface area (Å²) in [6.07, 6.45) is 1.65. The van der Waals surface area contributed by atoms with Crippen LogP contribution in [0, 0.1) is 5.82 Å². The SMILES string of the molecule is COc1ccc(CCCC(=O)N(C)N)cc1F. The van der Waals surface area contributed by atoms with Crippen molar-refractivity contribution >= 4 is 5.91 Å². The third-order valence-electron chi connectivity index (χ3n) is 2.47. The number of nitrogens with two attached hydrogens (primary N) is 1. The molecule has 1 amide bonds. The normalized spacial score (nSPS) is 10.1. The standard InChI is InChI=1S/C12H17FN2O2/c1-15(14)12(16)5-3-4-9-6-7-11(17-2)10(13)8-9/h6-8H,3-5,14H2,1-2H3. The quantitative estimate of drug-likeness (QED) is 0.482. The van der Waals surface area contributed by atoms with Gasteiger partial charge in [0.15, 0.2) is 11.6 Å². The number of hydrazine groups is 1. The van der Waals surface area contributed by atoms with Crippen molar-refractivity contribution in [3.05, 3.63) is 29.6 Å². The molecule has 0 heterocycles. The molecule has 17 heavy (non-hydrogen) atoms. The maximum absolute atomic E-state index is 13.3. The fourth-order valence-corrected chi connectivity index (χ4v) is 1.49. The monoisotopic (exact) mass is 240 g/mol. The first-order valence-electron chi connectivity index (χ1n) is 5.38. The van der Waals surface area contributed by atoms with Gasteiger partial charge < -0.3 is 4.74 Å².